The Balaban J connectivity index is 1.99. The third kappa shape index (κ3) is 3.70. The third-order valence-corrected chi connectivity index (χ3v) is 4.08. The van der Waals surface area contributed by atoms with Gasteiger partial charge < -0.3 is 14.1 Å². The molecule has 3 aromatic rings. The summed E-state index contributed by atoms with van der Waals surface area (Å²) in [6.45, 7) is 4.62. The van der Waals surface area contributed by atoms with Crippen molar-refractivity contribution in [3.8, 4) is 34.4 Å². The minimum atomic E-state index is -0.433. The molecule has 0 spiro atoms. The number of hydrogen-bond donors (Lipinski definition) is 1. The maximum absolute atomic E-state index is 12.3. The molecule has 1 aromatic carbocycles. The summed E-state index contributed by atoms with van der Waals surface area (Å²) in [6.07, 6.45) is 2.08. The summed E-state index contributed by atoms with van der Waals surface area (Å²) in [4.78, 5) is 15.1. The minimum Gasteiger partial charge on any atom is -0.494 e. The van der Waals surface area contributed by atoms with Crippen molar-refractivity contribution in [2.24, 2.45) is 0 Å². The van der Waals surface area contributed by atoms with Crippen molar-refractivity contribution >= 4 is 0 Å². The Bertz CT molecular complexity index is 991. The van der Waals surface area contributed by atoms with Crippen LogP contribution in [0.3, 0.4) is 0 Å². The highest BCUT2D eigenvalue weighted by Gasteiger charge is 2.14. The Hall–Kier alpha value is -3.26. The Morgan fingerprint density at radius 3 is 2.58 bits per heavy atom. The quantitative estimate of drug-likeness (QED) is 0.657. The molecule has 1 N–H and O–H groups in total. The molecule has 0 saturated heterocycles. The summed E-state index contributed by atoms with van der Waals surface area (Å²) < 4.78 is 11.3. The zero-order chi connectivity index (χ0) is 18.5. The number of aryl methyl sites for hydroxylation is 1. The minimum absolute atomic E-state index is 0.0803. The van der Waals surface area contributed by atoms with E-state index in [9.17, 15) is 10.1 Å². The van der Waals surface area contributed by atoms with Gasteiger partial charge >= 0.3 is 0 Å². The number of aromatic nitrogens is 1. The molecule has 0 aliphatic heterocycles. The molecule has 0 radical (unpaired) electrons. The van der Waals surface area contributed by atoms with Crippen LogP contribution in [0.1, 0.15) is 31.1 Å². The molecule has 3 rings (SSSR count). The first kappa shape index (κ1) is 17.6. The van der Waals surface area contributed by atoms with Gasteiger partial charge in [0.2, 0.25) is 0 Å². The Kier molecular flexibility index (Phi) is 5.23. The largest absolute Gasteiger partial charge is 0.494 e. The van der Waals surface area contributed by atoms with Crippen molar-refractivity contribution in [3.63, 3.8) is 0 Å². The summed E-state index contributed by atoms with van der Waals surface area (Å²) >= 11 is 0. The molecule has 0 fully saturated rings. The van der Waals surface area contributed by atoms with Gasteiger partial charge in [0.1, 0.15) is 23.1 Å². The topological polar surface area (TPSA) is 79.0 Å². The molecule has 0 aliphatic carbocycles. The number of hydrogen-bond acceptors (Lipinski definition) is 4. The standard InChI is InChI=1S/C21H20N2O3/c1-3-4-11-25-16-8-6-15(7-9-16)17-12-19(20-10-5-14(2)26-20)23-21(24)18(17)13-22/h5-10,12H,3-4,11H2,1-2H3,(H,23,24). The molecule has 0 aliphatic rings. The van der Waals surface area contributed by atoms with Crippen LogP contribution in [0.4, 0.5) is 0 Å². The van der Waals surface area contributed by atoms with Crippen molar-refractivity contribution in [2.75, 3.05) is 6.61 Å². The first-order valence-electron chi connectivity index (χ1n) is 8.60. The molecule has 0 bridgehead atoms. The van der Waals surface area contributed by atoms with Crippen molar-refractivity contribution in [1.29, 1.82) is 5.26 Å². The number of ether oxygens (including phenoxy) is 1. The van der Waals surface area contributed by atoms with Crippen LogP contribution in [0.25, 0.3) is 22.6 Å². The molecule has 26 heavy (non-hydrogen) atoms. The molecule has 2 heterocycles. The molecular formula is C21H20N2O3. The van der Waals surface area contributed by atoms with E-state index < -0.39 is 5.56 Å². The van der Waals surface area contributed by atoms with E-state index >= 15 is 0 Å². The number of furan rings is 1. The highest BCUT2D eigenvalue weighted by molar-refractivity contribution is 5.74. The summed E-state index contributed by atoms with van der Waals surface area (Å²) in [5.74, 6) is 2.08. The van der Waals surface area contributed by atoms with Crippen molar-refractivity contribution < 1.29 is 9.15 Å². The number of nitrogens with one attached hydrogen (secondary N) is 1. The zero-order valence-electron chi connectivity index (χ0n) is 14.8. The summed E-state index contributed by atoms with van der Waals surface area (Å²) in [7, 11) is 0. The number of aromatic amines is 1. The van der Waals surface area contributed by atoms with Crippen LogP contribution in [0.2, 0.25) is 0 Å². The lowest BCUT2D eigenvalue weighted by Gasteiger charge is -2.09. The fourth-order valence-electron chi connectivity index (χ4n) is 2.68. The zero-order valence-corrected chi connectivity index (χ0v) is 14.8. The predicted octanol–water partition coefficient (Wildman–Crippen LogP) is 4.66. The number of H-pyrrole nitrogens is 1. The Morgan fingerprint density at radius 1 is 1.19 bits per heavy atom. The van der Waals surface area contributed by atoms with Gasteiger partial charge in [0.15, 0.2) is 5.76 Å². The fourth-order valence-corrected chi connectivity index (χ4v) is 2.68. The Labute approximate surface area is 151 Å². The van der Waals surface area contributed by atoms with Crippen LogP contribution in [0, 0.1) is 18.3 Å². The fraction of sp³-hybridized carbons (Fsp3) is 0.238. The number of rotatable bonds is 6. The lowest BCUT2D eigenvalue weighted by Crippen LogP contribution is -2.12. The van der Waals surface area contributed by atoms with Crippen molar-refractivity contribution in [3.05, 3.63) is 64.1 Å². The molecule has 132 valence electrons. The summed E-state index contributed by atoms with van der Waals surface area (Å²) in [5, 5.41) is 9.41. The highest BCUT2D eigenvalue weighted by atomic mass is 16.5. The third-order valence-electron chi connectivity index (χ3n) is 4.08. The Morgan fingerprint density at radius 2 is 1.96 bits per heavy atom. The van der Waals surface area contributed by atoms with Crippen molar-refractivity contribution in [1.82, 2.24) is 4.98 Å². The number of benzene rings is 1. The van der Waals surface area contributed by atoms with E-state index in [0.717, 1.165) is 29.9 Å². The summed E-state index contributed by atoms with van der Waals surface area (Å²) in [5.41, 5.74) is 1.54. The van der Waals surface area contributed by atoms with Gasteiger partial charge in [-0.05, 0) is 49.2 Å². The van der Waals surface area contributed by atoms with Gasteiger partial charge in [-0.25, -0.2) is 0 Å². The summed E-state index contributed by atoms with van der Waals surface area (Å²) in [6, 6.07) is 14.8. The maximum Gasteiger partial charge on any atom is 0.267 e. The van der Waals surface area contributed by atoms with E-state index in [0.29, 0.717) is 23.6 Å². The second-order valence-electron chi connectivity index (χ2n) is 6.05. The van der Waals surface area contributed by atoms with Crippen LogP contribution >= 0.6 is 0 Å². The first-order chi connectivity index (χ1) is 12.6. The molecule has 0 amide bonds. The van der Waals surface area contributed by atoms with Crippen LogP contribution in [0.15, 0.2) is 51.7 Å². The normalized spacial score (nSPS) is 10.5. The van der Waals surface area contributed by atoms with Gasteiger partial charge in [0, 0.05) is 5.56 Å². The molecule has 0 saturated carbocycles. The first-order valence-corrected chi connectivity index (χ1v) is 8.60. The van der Waals surface area contributed by atoms with E-state index in [-0.39, 0.29) is 5.56 Å². The predicted molar refractivity (Wildman–Crippen MR) is 100 cm³/mol. The van der Waals surface area contributed by atoms with E-state index in [2.05, 4.69) is 11.9 Å². The van der Waals surface area contributed by atoms with E-state index in [1.165, 1.54) is 0 Å². The lowest BCUT2D eigenvalue weighted by molar-refractivity contribution is 0.309. The van der Waals surface area contributed by atoms with Gasteiger partial charge in [-0.2, -0.15) is 5.26 Å². The average molecular weight is 348 g/mol. The van der Waals surface area contributed by atoms with E-state index in [1.807, 2.05) is 43.3 Å². The SMILES string of the molecule is CCCCOc1ccc(-c2cc(-c3ccc(C)o3)[nH]c(=O)c2C#N)cc1. The number of nitrogens with zero attached hydrogens (tertiary/aromatic N) is 1. The lowest BCUT2D eigenvalue weighted by atomic mass is 10.0. The maximum atomic E-state index is 12.3. The van der Waals surface area contributed by atoms with E-state index in [4.69, 9.17) is 9.15 Å². The molecule has 0 unspecified atom stereocenters. The molecule has 5 heteroatoms. The van der Waals surface area contributed by atoms with E-state index in [1.54, 1.807) is 12.1 Å². The van der Waals surface area contributed by atoms with Crippen LogP contribution < -0.4 is 10.3 Å². The van der Waals surface area contributed by atoms with Gasteiger partial charge in [0.05, 0.1) is 12.3 Å². The molecule has 2 aromatic heterocycles. The molecule has 0 atom stereocenters. The molecule has 5 nitrogen and oxygen atoms in total. The average Bonchev–Trinajstić information content (AvgIpc) is 3.08. The second kappa shape index (κ2) is 7.75. The number of pyridine rings is 1. The van der Waals surface area contributed by atoms with Crippen molar-refractivity contribution in [2.45, 2.75) is 26.7 Å². The second-order valence-corrected chi connectivity index (χ2v) is 6.05. The monoisotopic (exact) mass is 348 g/mol. The van der Waals surface area contributed by atoms with Gasteiger partial charge in [0.25, 0.3) is 5.56 Å². The highest BCUT2D eigenvalue weighted by Crippen LogP contribution is 2.28. The van der Waals surface area contributed by atoms with Crippen LogP contribution in [-0.2, 0) is 0 Å². The van der Waals surface area contributed by atoms with Crippen LogP contribution in [-0.4, -0.2) is 11.6 Å². The van der Waals surface area contributed by atoms with Crippen LogP contribution in [0.5, 0.6) is 5.75 Å². The van der Waals surface area contributed by atoms with Gasteiger partial charge in [-0.15, -0.1) is 0 Å². The number of unbranched alkanes of at least 4 members (excludes halogenated alkanes) is 1. The molecular weight excluding hydrogens is 328 g/mol. The van der Waals surface area contributed by atoms with Gasteiger partial charge in [-0.1, -0.05) is 25.5 Å². The number of nitriles is 1. The smallest absolute Gasteiger partial charge is 0.267 e. The van der Waals surface area contributed by atoms with Gasteiger partial charge in [-0.3, -0.25) is 4.79 Å².